The Balaban J connectivity index is 2.01. The normalized spacial score (nSPS) is 11.2. The van der Waals surface area contributed by atoms with Gasteiger partial charge in [-0.3, -0.25) is 0 Å². The van der Waals surface area contributed by atoms with Crippen molar-refractivity contribution in [1.82, 2.24) is 0 Å². The van der Waals surface area contributed by atoms with Gasteiger partial charge in [-0.25, -0.2) is 4.21 Å². The molecule has 90 valence electrons. The Bertz CT molecular complexity index is 597. The van der Waals surface area contributed by atoms with Crippen LogP contribution >= 0.6 is 11.6 Å². The summed E-state index contributed by atoms with van der Waals surface area (Å²) in [6.07, 6.45) is 2.43. The molecule has 0 saturated carbocycles. The number of halogens is 1. The SMILES string of the molecule is O=S(OC#Cc1ccccc1)c1ccc(Cl)cc1. The zero-order valence-corrected chi connectivity index (χ0v) is 10.9. The highest BCUT2D eigenvalue weighted by atomic mass is 35.5. The van der Waals surface area contributed by atoms with E-state index in [9.17, 15) is 4.21 Å². The van der Waals surface area contributed by atoms with E-state index in [1.165, 1.54) is 0 Å². The van der Waals surface area contributed by atoms with Gasteiger partial charge in [0.2, 0.25) is 11.1 Å². The fraction of sp³-hybridized carbons (Fsp3) is 0. The Labute approximate surface area is 113 Å². The van der Waals surface area contributed by atoms with Crippen molar-refractivity contribution in [3.8, 4) is 12.0 Å². The van der Waals surface area contributed by atoms with Crippen LogP contribution in [0, 0.1) is 12.0 Å². The fourth-order valence-corrected chi connectivity index (χ4v) is 1.93. The predicted octanol–water partition coefficient (Wildman–Crippen LogP) is 3.39. The van der Waals surface area contributed by atoms with Gasteiger partial charge in [0.1, 0.15) is 6.11 Å². The number of rotatable bonds is 2. The molecule has 0 aliphatic heterocycles. The van der Waals surface area contributed by atoms with E-state index in [2.05, 4.69) is 12.0 Å². The molecule has 0 spiro atoms. The van der Waals surface area contributed by atoms with Gasteiger partial charge in [0.05, 0.1) is 4.90 Å². The summed E-state index contributed by atoms with van der Waals surface area (Å²) in [6.45, 7) is 0. The predicted molar refractivity (Wildman–Crippen MR) is 72.3 cm³/mol. The van der Waals surface area contributed by atoms with Crippen LogP contribution in [0.2, 0.25) is 5.02 Å². The molecular formula is C14H9ClO2S. The molecular weight excluding hydrogens is 268 g/mol. The Morgan fingerprint density at radius 2 is 1.67 bits per heavy atom. The molecule has 0 amide bonds. The first-order valence-electron chi connectivity index (χ1n) is 5.16. The van der Waals surface area contributed by atoms with E-state index < -0.39 is 11.1 Å². The lowest BCUT2D eigenvalue weighted by molar-refractivity contribution is 0.536. The van der Waals surface area contributed by atoms with Gasteiger partial charge in [0, 0.05) is 10.6 Å². The lowest BCUT2D eigenvalue weighted by Crippen LogP contribution is -1.92. The van der Waals surface area contributed by atoms with Gasteiger partial charge in [0.15, 0.2) is 0 Å². The van der Waals surface area contributed by atoms with Crippen molar-refractivity contribution in [2.45, 2.75) is 4.90 Å². The lowest BCUT2D eigenvalue weighted by Gasteiger charge is -1.97. The molecule has 18 heavy (non-hydrogen) atoms. The molecule has 0 fully saturated rings. The minimum Gasteiger partial charge on any atom is -0.342 e. The maximum atomic E-state index is 11.7. The van der Waals surface area contributed by atoms with Crippen LogP contribution in [-0.4, -0.2) is 4.21 Å². The summed E-state index contributed by atoms with van der Waals surface area (Å²) < 4.78 is 16.6. The van der Waals surface area contributed by atoms with Gasteiger partial charge < -0.3 is 4.18 Å². The molecule has 0 heterocycles. The summed E-state index contributed by atoms with van der Waals surface area (Å²) >= 11 is 4.14. The third-order valence-corrected chi connectivity index (χ3v) is 3.24. The van der Waals surface area contributed by atoms with Crippen LogP contribution in [0.5, 0.6) is 0 Å². The van der Waals surface area contributed by atoms with Gasteiger partial charge in [0.25, 0.3) is 0 Å². The molecule has 2 nitrogen and oxygen atoms in total. The van der Waals surface area contributed by atoms with Gasteiger partial charge in [-0.05, 0) is 42.3 Å². The highest BCUT2D eigenvalue weighted by Crippen LogP contribution is 2.13. The fourth-order valence-electron chi connectivity index (χ4n) is 1.23. The highest BCUT2D eigenvalue weighted by molar-refractivity contribution is 7.80. The van der Waals surface area contributed by atoms with Crippen molar-refractivity contribution in [3.63, 3.8) is 0 Å². The second-order valence-corrected chi connectivity index (χ2v) is 4.91. The summed E-state index contributed by atoms with van der Waals surface area (Å²) in [4.78, 5) is 0.529. The summed E-state index contributed by atoms with van der Waals surface area (Å²) in [5, 5.41) is 0.589. The van der Waals surface area contributed by atoms with Crippen LogP contribution in [0.25, 0.3) is 0 Å². The van der Waals surface area contributed by atoms with Crippen LogP contribution < -0.4 is 0 Å². The molecule has 4 heteroatoms. The minimum atomic E-state index is -1.60. The van der Waals surface area contributed by atoms with Crippen molar-refractivity contribution < 1.29 is 8.39 Å². The van der Waals surface area contributed by atoms with E-state index in [0.29, 0.717) is 9.92 Å². The number of hydrogen-bond acceptors (Lipinski definition) is 2. The maximum Gasteiger partial charge on any atom is 0.249 e. The van der Waals surface area contributed by atoms with Gasteiger partial charge >= 0.3 is 0 Å². The van der Waals surface area contributed by atoms with Crippen LogP contribution in [0.15, 0.2) is 59.5 Å². The van der Waals surface area contributed by atoms with E-state index in [0.717, 1.165) is 5.56 Å². The molecule has 2 aromatic carbocycles. The second-order valence-electron chi connectivity index (χ2n) is 3.37. The highest BCUT2D eigenvalue weighted by Gasteiger charge is 2.02. The smallest absolute Gasteiger partial charge is 0.249 e. The molecule has 2 aromatic rings. The Hall–Kier alpha value is -1.76. The molecule has 0 aliphatic carbocycles. The summed E-state index contributed by atoms with van der Waals surface area (Å²) in [5.74, 6) is 2.77. The molecule has 0 saturated heterocycles. The Morgan fingerprint density at radius 3 is 2.33 bits per heavy atom. The molecule has 1 unspecified atom stereocenters. The van der Waals surface area contributed by atoms with E-state index in [1.807, 2.05) is 30.3 Å². The molecule has 0 aromatic heterocycles. The third kappa shape index (κ3) is 3.63. The first-order valence-corrected chi connectivity index (χ1v) is 6.62. The largest absolute Gasteiger partial charge is 0.342 e. The molecule has 2 rings (SSSR count). The van der Waals surface area contributed by atoms with Crippen molar-refractivity contribution >= 4 is 22.7 Å². The van der Waals surface area contributed by atoms with Crippen LogP contribution in [0.1, 0.15) is 5.56 Å². The van der Waals surface area contributed by atoms with E-state index in [-0.39, 0.29) is 0 Å². The molecule has 0 N–H and O–H groups in total. The quantitative estimate of drug-likeness (QED) is 0.786. The average Bonchev–Trinajstić information content (AvgIpc) is 2.40. The number of hydrogen-bond donors (Lipinski definition) is 0. The van der Waals surface area contributed by atoms with Crippen molar-refractivity contribution in [2.24, 2.45) is 0 Å². The Kier molecular flexibility index (Phi) is 4.40. The second kappa shape index (κ2) is 6.25. The minimum absolute atomic E-state index is 0.529. The molecule has 0 aliphatic rings. The lowest BCUT2D eigenvalue weighted by atomic mass is 10.2. The van der Waals surface area contributed by atoms with Crippen LogP contribution in [0.3, 0.4) is 0 Å². The van der Waals surface area contributed by atoms with E-state index in [1.54, 1.807) is 24.3 Å². The number of benzene rings is 2. The van der Waals surface area contributed by atoms with Crippen LogP contribution in [0.4, 0.5) is 0 Å². The van der Waals surface area contributed by atoms with E-state index in [4.69, 9.17) is 15.8 Å². The van der Waals surface area contributed by atoms with Crippen molar-refractivity contribution in [1.29, 1.82) is 0 Å². The molecule has 0 bridgehead atoms. The first-order chi connectivity index (χ1) is 8.75. The monoisotopic (exact) mass is 276 g/mol. The van der Waals surface area contributed by atoms with Crippen molar-refractivity contribution in [2.75, 3.05) is 0 Å². The van der Waals surface area contributed by atoms with Crippen molar-refractivity contribution in [3.05, 3.63) is 65.2 Å². The van der Waals surface area contributed by atoms with Gasteiger partial charge in [-0.15, -0.1) is 0 Å². The maximum absolute atomic E-state index is 11.7. The van der Waals surface area contributed by atoms with Gasteiger partial charge in [-0.2, -0.15) is 0 Å². The summed E-state index contributed by atoms with van der Waals surface area (Å²) in [5.41, 5.74) is 0.811. The standard InChI is InChI=1S/C14H9ClO2S/c15-13-6-8-14(9-7-13)18(16)17-11-10-12-4-2-1-3-5-12/h1-9H. The summed E-state index contributed by atoms with van der Waals surface area (Å²) in [6, 6.07) is 15.9. The third-order valence-electron chi connectivity index (χ3n) is 2.09. The molecule has 0 radical (unpaired) electrons. The topological polar surface area (TPSA) is 26.3 Å². The van der Waals surface area contributed by atoms with Crippen LogP contribution in [-0.2, 0) is 15.3 Å². The first kappa shape index (κ1) is 12.7. The average molecular weight is 277 g/mol. The van der Waals surface area contributed by atoms with E-state index >= 15 is 0 Å². The zero-order valence-electron chi connectivity index (χ0n) is 9.30. The summed E-state index contributed by atoms with van der Waals surface area (Å²) in [7, 11) is 0. The molecule has 1 atom stereocenters. The van der Waals surface area contributed by atoms with Gasteiger partial charge in [-0.1, -0.05) is 29.8 Å². The Morgan fingerprint density at radius 1 is 1.00 bits per heavy atom. The zero-order chi connectivity index (χ0) is 12.8.